The molecule has 2 heterocycles. The van der Waals surface area contributed by atoms with Gasteiger partial charge < -0.3 is 10.2 Å². The fraction of sp³-hybridized carbons (Fsp3) is 0.0893. The highest BCUT2D eigenvalue weighted by Gasteiger charge is 2.35. The molecule has 0 fully saturated rings. The summed E-state index contributed by atoms with van der Waals surface area (Å²) in [6.07, 6.45) is 13.2. The summed E-state index contributed by atoms with van der Waals surface area (Å²) >= 11 is 0. The van der Waals surface area contributed by atoms with Crippen molar-refractivity contribution in [1.82, 2.24) is 15.2 Å². The van der Waals surface area contributed by atoms with Crippen LogP contribution in [0.3, 0.4) is 0 Å². The maximum Gasteiger partial charge on any atom is 0.130 e. The van der Waals surface area contributed by atoms with Gasteiger partial charge in [0.05, 0.1) is 16.9 Å². The van der Waals surface area contributed by atoms with E-state index in [0.29, 0.717) is 0 Å². The zero-order chi connectivity index (χ0) is 39.1. The van der Waals surface area contributed by atoms with E-state index >= 15 is 0 Å². The topological polar surface area (TPSA) is 28.2 Å². The fourth-order valence-electron chi connectivity index (χ4n) is 9.30. The molecular formula is C56H43N3. The standard InChI is InChI=1S/C56H43N3/c1-5-15-38(16-6-1)40-25-29-42(30-26-40)49-36-51-50(43-31-27-41(28-32-43)39-17-7-2-8-18-39)37-52(57-55(51)48-24-14-13-23-47(48)49)45-33-34-54-53(35-45)58-56(44-19-9-3-10-20-44)59(54)46-21-11-4-12-22-46/h1-11,13-21,23-32,35-37,56,58H,12,22,33-34H2. The van der Waals surface area contributed by atoms with Gasteiger partial charge >= 0.3 is 0 Å². The number of benzene rings is 7. The van der Waals surface area contributed by atoms with Gasteiger partial charge in [-0.05, 0) is 111 Å². The van der Waals surface area contributed by atoms with Gasteiger partial charge in [0, 0.05) is 22.2 Å². The Labute approximate surface area is 346 Å². The number of fused-ring (bicyclic) bond motifs is 3. The van der Waals surface area contributed by atoms with Crippen LogP contribution in [0.2, 0.25) is 0 Å². The number of nitrogens with zero attached hydrogens (tertiary/aromatic N) is 2. The Morgan fingerprint density at radius 3 is 1.69 bits per heavy atom. The third-order valence-corrected chi connectivity index (χ3v) is 12.3. The van der Waals surface area contributed by atoms with Crippen molar-refractivity contribution in [1.29, 1.82) is 0 Å². The van der Waals surface area contributed by atoms with Gasteiger partial charge in [-0.1, -0.05) is 176 Å². The molecule has 7 aromatic carbocycles. The highest BCUT2D eigenvalue weighted by atomic mass is 15.3. The van der Waals surface area contributed by atoms with Gasteiger partial charge in [-0.2, -0.15) is 0 Å². The molecule has 1 atom stereocenters. The number of aromatic nitrogens is 1. The second-order valence-corrected chi connectivity index (χ2v) is 15.8. The molecule has 1 aliphatic heterocycles. The normalized spacial score (nSPS) is 16.2. The van der Waals surface area contributed by atoms with Crippen LogP contribution < -0.4 is 5.32 Å². The Kier molecular flexibility index (Phi) is 8.85. The van der Waals surface area contributed by atoms with E-state index in [1.807, 2.05) is 0 Å². The van der Waals surface area contributed by atoms with Crippen LogP contribution in [0.4, 0.5) is 0 Å². The Morgan fingerprint density at radius 1 is 0.508 bits per heavy atom. The number of rotatable bonds is 7. The lowest BCUT2D eigenvalue weighted by molar-refractivity contribution is 0.308. The summed E-state index contributed by atoms with van der Waals surface area (Å²) < 4.78 is 0. The molecule has 0 saturated carbocycles. The molecule has 8 aromatic rings. The molecule has 0 amide bonds. The van der Waals surface area contributed by atoms with Crippen molar-refractivity contribution in [2.45, 2.75) is 31.8 Å². The Bertz CT molecular complexity index is 2980. The van der Waals surface area contributed by atoms with Crippen molar-refractivity contribution in [3.8, 4) is 44.5 Å². The van der Waals surface area contributed by atoms with E-state index in [4.69, 9.17) is 4.98 Å². The van der Waals surface area contributed by atoms with E-state index in [9.17, 15) is 0 Å². The molecule has 3 heteroatoms. The van der Waals surface area contributed by atoms with Gasteiger partial charge in [-0.15, -0.1) is 0 Å². The molecule has 282 valence electrons. The van der Waals surface area contributed by atoms with Crippen molar-refractivity contribution < 1.29 is 0 Å². The predicted octanol–water partition coefficient (Wildman–Crippen LogP) is 14.3. The summed E-state index contributed by atoms with van der Waals surface area (Å²) in [6, 6.07) is 63.8. The minimum absolute atomic E-state index is 0.0573. The number of pyridine rings is 1. The minimum atomic E-state index is 0.0573. The zero-order valence-corrected chi connectivity index (χ0v) is 32.9. The summed E-state index contributed by atoms with van der Waals surface area (Å²) in [5.74, 6) is 0. The molecule has 1 N–H and O–H groups in total. The lowest BCUT2D eigenvalue weighted by Gasteiger charge is -2.33. The maximum atomic E-state index is 5.61. The first-order valence-corrected chi connectivity index (χ1v) is 20.8. The van der Waals surface area contributed by atoms with Gasteiger partial charge in [-0.3, -0.25) is 0 Å². The van der Waals surface area contributed by atoms with Crippen molar-refractivity contribution in [2.24, 2.45) is 0 Å². The van der Waals surface area contributed by atoms with Crippen LogP contribution in [0.5, 0.6) is 0 Å². The van der Waals surface area contributed by atoms with E-state index in [1.165, 1.54) is 83.5 Å². The third kappa shape index (κ3) is 6.46. The van der Waals surface area contributed by atoms with Gasteiger partial charge in [0.1, 0.15) is 6.17 Å². The lowest BCUT2D eigenvalue weighted by Crippen LogP contribution is -2.29. The van der Waals surface area contributed by atoms with Crippen molar-refractivity contribution in [2.75, 3.05) is 0 Å². The molecule has 1 unspecified atom stereocenters. The molecule has 2 aliphatic carbocycles. The summed E-state index contributed by atoms with van der Waals surface area (Å²) in [5.41, 5.74) is 18.2. The Balaban J connectivity index is 1.07. The first-order valence-electron chi connectivity index (χ1n) is 20.8. The predicted molar refractivity (Wildman–Crippen MR) is 246 cm³/mol. The van der Waals surface area contributed by atoms with E-state index in [0.717, 1.165) is 42.3 Å². The average molecular weight is 758 g/mol. The first-order chi connectivity index (χ1) is 29.2. The average Bonchev–Trinajstić information content (AvgIpc) is 3.71. The van der Waals surface area contributed by atoms with E-state index in [2.05, 4.69) is 210 Å². The number of hydrogen-bond donors (Lipinski definition) is 1. The summed E-state index contributed by atoms with van der Waals surface area (Å²) in [5, 5.41) is 7.50. The quantitative estimate of drug-likeness (QED) is 0.164. The molecule has 0 saturated heterocycles. The molecule has 11 rings (SSSR count). The van der Waals surface area contributed by atoms with Gasteiger partial charge in [0.15, 0.2) is 0 Å². The van der Waals surface area contributed by atoms with Crippen LogP contribution in [0.25, 0.3) is 71.8 Å². The highest BCUT2D eigenvalue weighted by molar-refractivity contribution is 6.16. The first kappa shape index (κ1) is 35.0. The maximum absolute atomic E-state index is 5.61. The van der Waals surface area contributed by atoms with E-state index < -0.39 is 0 Å². The SMILES string of the molecule is C1=CCCC(N2C3=C(C=C(c4cc(-c5ccc(-c6ccccc6)cc5)c5cc(-c6ccc(-c7ccccc7)cc6)c6ccccc6c5n4)CC3)NC2c2ccccc2)=C1. The molecule has 3 aliphatic rings. The lowest BCUT2D eigenvalue weighted by atomic mass is 9.89. The molecule has 0 radical (unpaired) electrons. The monoisotopic (exact) mass is 757 g/mol. The van der Waals surface area contributed by atoms with Crippen LogP contribution in [0.15, 0.2) is 217 Å². The van der Waals surface area contributed by atoms with Gasteiger partial charge in [-0.25, -0.2) is 4.98 Å². The molecule has 3 nitrogen and oxygen atoms in total. The second-order valence-electron chi connectivity index (χ2n) is 15.8. The Hall–Kier alpha value is -7.23. The largest absolute Gasteiger partial charge is 0.360 e. The van der Waals surface area contributed by atoms with Crippen molar-refractivity contribution in [3.05, 3.63) is 229 Å². The van der Waals surface area contributed by atoms with E-state index in [1.54, 1.807) is 0 Å². The van der Waals surface area contributed by atoms with Gasteiger partial charge in [0.2, 0.25) is 0 Å². The smallest absolute Gasteiger partial charge is 0.130 e. The molecule has 59 heavy (non-hydrogen) atoms. The van der Waals surface area contributed by atoms with Crippen molar-refractivity contribution >= 4 is 27.2 Å². The fourth-order valence-corrected chi connectivity index (χ4v) is 9.30. The molecule has 1 aromatic heterocycles. The number of allylic oxidation sites excluding steroid dienone is 7. The summed E-state index contributed by atoms with van der Waals surface area (Å²) in [4.78, 5) is 8.18. The van der Waals surface area contributed by atoms with Crippen LogP contribution in [-0.4, -0.2) is 9.88 Å². The highest BCUT2D eigenvalue weighted by Crippen LogP contribution is 2.45. The third-order valence-electron chi connectivity index (χ3n) is 12.3. The van der Waals surface area contributed by atoms with Crippen molar-refractivity contribution in [3.63, 3.8) is 0 Å². The van der Waals surface area contributed by atoms with Gasteiger partial charge in [0.25, 0.3) is 0 Å². The number of hydrogen-bond acceptors (Lipinski definition) is 3. The minimum Gasteiger partial charge on any atom is -0.360 e. The summed E-state index contributed by atoms with van der Waals surface area (Å²) in [7, 11) is 0. The van der Waals surface area contributed by atoms with E-state index in [-0.39, 0.29) is 6.17 Å². The zero-order valence-electron chi connectivity index (χ0n) is 32.9. The van der Waals surface area contributed by atoms with Crippen LogP contribution >= 0.6 is 0 Å². The molecular weight excluding hydrogens is 715 g/mol. The second kappa shape index (κ2) is 14.9. The molecule has 0 bridgehead atoms. The number of nitrogens with one attached hydrogen (secondary N) is 1. The van der Waals surface area contributed by atoms with Crippen LogP contribution in [0.1, 0.15) is 43.1 Å². The summed E-state index contributed by atoms with van der Waals surface area (Å²) in [6.45, 7) is 0. The molecule has 0 spiro atoms. The van der Waals surface area contributed by atoms with Crippen LogP contribution in [-0.2, 0) is 0 Å². The Morgan fingerprint density at radius 2 is 1.07 bits per heavy atom. The van der Waals surface area contributed by atoms with Crippen LogP contribution in [0, 0.1) is 0 Å².